The third-order valence-electron chi connectivity index (χ3n) is 3.58. The van der Waals surface area contributed by atoms with E-state index in [9.17, 15) is 0 Å². The fourth-order valence-corrected chi connectivity index (χ4v) is 2.35. The van der Waals surface area contributed by atoms with Gasteiger partial charge in [-0.3, -0.25) is 0 Å². The number of aryl methyl sites for hydroxylation is 1. The zero-order valence-electron chi connectivity index (χ0n) is 13.0. The van der Waals surface area contributed by atoms with Gasteiger partial charge in [-0.05, 0) is 54.3 Å². The molecular weight excluding hydrogens is 284 g/mol. The van der Waals surface area contributed by atoms with Crippen molar-refractivity contribution in [3.63, 3.8) is 0 Å². The lowest BCUT2D eigenvalue weighted by Crippen LogP contribution is -1.99. The van der Waals surface area contributed by atoms with E-state index in [1.165, 1.54) is 5.56 Å². The molecule has 2 aromatic carbocycles. The minimum atomic E-state index is 0.733. The Kier molecular flexibility index (Phi) is 5.30. The quantitative estimate of drug-likeness (QED) is 0.541. The summed E-state index contributed by atoms with van der Waals surface area (Å²) in [5.74, 6) is 1.76. The van der Waals surface area contributed by atoms with Crippen LogP contribution in [0.15, 0.2) is 77.4 Å². The van der Waals surface area contributed by atoms with E-state index in [1.54, 1.807) is 6.26 Å². The zero-order chi connectivity index (χ0) is 15.7. The highest BCUT2D eigenvalue weighted by Gasteiger charge is 1.96. The second-order valence-electron chi connectivity index (χ2n) is 5.36. The maximum absolute atomic E-state index is 5.79. The summed E-state index contributed by atoms with van der Waals surface area (Å²) in [6, 6.07) is 22.4. The van der Waals surface area contributed by atoms with Crippen LogP contribution in [0.3, 0.4) is 0 Å². The van der Waals surface area contributed by atoms with E-state index in [1.807, 2.05) is 54.6 Å². The molecule has 0 amide bonds. The zero-order valence-corrected chi connectivity index (χ0v) is 13.0. The van der Waals surface area contributed by atoms with Crippen molar-refractivity contribution in [3.05, 3.63) is 89.9 Å². The summed E-state index contributed by atoms with van der Waals surface area (Å²) in [4.78, 5) is 0. The van der Waals surface area contributed by atoms with E-state index in [-0.39, 0.29) is 0 Å². The van der Waals surface area contributed by atoms with E-state index >= 15 is 0 Å². The Labute approximate surface area is 137 Å². The lowest BCUT2D eigenvalue weighted by Gasteiger charge is -2.06. The molecule has 0 atom stereocenters. The maximum Gasteiger partial charge on any atom is 0.126 e. The summed E-state index contributed by atoms with van der Waals surface area (Å²) < 4.78 is 11.1. The van der Waals surface area contributed by atoms with Crippen molar-refractivity contribution in [2.45, 2.75) is 12.8 Å². The standard InChI is InChI=1S/C21H20O2/c1-2-6-18(7-3-1)8-4-16-23-21-14-11-19(12-15-21)10-13-20-9-5-17-22-20/h1-3,5-7,9-15,17H,4,8,16H2/b13-10+. The van der Waals surface area contributed by atoms with E-state index in [0.717, 1.165) is 36.5 Å². The van der Waals surface area contributed by atoms with Gasteiger partial charge >= 0.3 is 0 Å². The molecule has 1 heterocycles. The van der Waals surface area contributed by atoms with Gasteiger partial charge in [-0.1, -0.05) is 48.5 Å². The molecule has 0 saturated carbocycles. The molecule has 116 valence electrons. The summed E-state index contributed by atoms with van der Waals surface area (Å²) in [5, 5.41) is 0. The van der Waals surface area contributed by atoms with Crippen LogP contribution in [0.1, 0.15) is 23.3 Å². The molecule has 0 aliphatic carbocycles. The topological polar surface area (TPSA) is 22.4 Å². The first kappa shape index (κ1) is 15.2. The van der Waals surface area contributed by atoms with Gasteiger partial charge < -0.3 is 9.15 Å². The Morgan fingerprint density at radius 3 is 2.39 bits per heavy atom. The Bertz CT molecular complexity index is 710. The highest BCUT2D eigenvalue weighted by atomic mass is 16.5. The molecule has 0 bridgehead atoms. The van der Waals surface area contributed by atoms with Crippen LogP contribution in [0, 0.1) is 0 Å². The summed E-state index contributed by atoms with van der Waals surface area (Å²) in [5.41, 5.74) is 2.48. The molecule has 0 spiro atoms. The average Bonchev–Trinajstić information content (AvgIpc) is 3.12. The fraction of sp³-hybridized carbons (Fsp3) is 0.143. The van der Waals surface area contributed by atoms with Gasteiger partial charge in [-0.25, -0.2) is 0 Å². The van der Waals surface area contributed by atoms with Crippen molar-refractivity contribution in [1.29, 1.82) is 0 Å². The summed E-state index contributed by atoms with van der Waals surface area (Å²) in [7, 11) is 0. The van der Waals surface area contributed by atoms with Crippen LogP contribution in [0.4, 0.5) is 0 Å². The highest BCUT2D eigenvalue weighted by molar-refractivity contribution is 5.67. The van der Waals surface area contributed by atoms with Gasteiger partial charge in [0.1, 0.15) is 11.5 Å². The molecule has 0 radical (unpaired) electrons. The van der Waals surface area contributed by atoms with Crippen molar-refractivity contribution in [1.82, 2.24) is 0 Å². The smallest absolute Gasteiger partial charge is 0.126 e. The van der Waals surface area contributed by atoms with E-state index in [0.29, 0.717) is 0 Å². The molecule has 23 heavy (non-hydrogen) atoms. The molecule has 3 aromatic rings. The van der Waals surface area contributed by atoms with Gasteiger partial charge in [0, 0.05) is 0 Å². The molecule has 0 N–H and O–H groups in total. The van der Waals surface area contributed by atoms with Crippen LogP contribution in [0.5, 0.6) is 5.75 Å². The van der Waals surface area contributed by atoms with Crippen molar-refractivity contribution in [2.75, 3.05) is 6.61 Å². The fourth-order valence-electron chi connectivity index (χ4n) is 2.35. The van der Waals surface area contributed by atoms with Gasteiger partial charge in [0.2, 0.25) is 0 Å². The third kappa shape index (κ3) is 4.89. The van der Waals surface area contributed by atoms with Crippen LogP contribution in [0.25, 0.3) is 12.2 Å². The molecule has 0 unspecified atom stereocenters. The van der Waals surface area contributed by atoms with Gasteiger partial charge in [0.15, 0.2) is 0 Å². The molecule has 2 nitrogen and oxygen atoms in total. The first-order valence-electron chi connectivity index (χ1n) is 7.88. The van der Waals surface area contributed by atoms with E-state index in [2.05, 4.69) is 24.3 Å². The number of hydrogen-bond acceptors (Lipinski definition) is 2. The van der Waals surface area contributed by atoms with Gasteiger partial charge in [0.25, 0.3) is 0 Å². The number of hydrogen-bond donors (Lipinski definition) is 0. The van der Waals surface area contributed by atoms with Crippen molar-refractivity contribution in [2.24, 2.45) is 0 Å². The maximum atomic E-state index is 5.79. The molecule has 3 rings (SSSR count). The molecule has 2 heteroatoms. The van der Waals surface area contributed by atoms with E-state index < -0.39 is 0 Å². The van der Waals surface area contributed by atoms with E-state index in [4.69, 9.17) is 9.15 Å². The third-order valence-corrected chi connectivity index (χ3v) is 3.58. The number of ether oxygens (including phenoxy) is 1. The van der Waals surface area contributed by atoms with Gasteiger partial charge in [0.05, 0.1) is 12.9 Å². The predicted molar refractivity (Wildman–Crippen MR) is 94.3 cm³/mol. The second-order valence-corrected chi connectivity index (χ2v) is 5.36. The Morgan fingerprint density at radius 1 is 0.826 bits per heavy atom. The van der Waals surface area contributed by atoms with Crippen LogP contribution in [0.2, 0.25) is 0 Å². The first-order valence-corrected chi connectivity index (χ1v) is 7.88. The van der Waals surface area contributed by atoms with Crippen molar-refractivity contribution in [3.8, 4) is 5.75 Å². The largest absolute Gasteiger partial charge is 0.494 e. The molecular formula is C21H20O2. The highest BCUT2D eigenvalue weighted by Crippen LogP contribution is 2.15. The monoisotopic (exact) mass is 304 g/mol. The number of benzene rings is 2. The molecule has 0 saturated heterocycles. The second kappa shape index (κ2) is 8.04. The van der Waals surface area contributed by atoms with Crippen LogP contribution >= 0.6 is 0 Å². The molecule has 0 aliphatic rings. The molecule has 1 aromatic heterocycles. The Hall–Kier alpha value is -2.74. The van der Waals surface area contributed by atoms with Crippen LogP contribution in [-0.2, 0) is 6.42 Å². The summed E-state index contributed by atoms with van der Waals surface area (Å²) >= 11 is 0. The summed E-state index contributed by atoms with van der Waals surface area (Å²) in [6.45, 7) is 0.733. The minimum absolute atomic E-state index is 0.733. The van der Waals surface area contributed by atoms with Crippen LogP contribution in [-0.4, -0.2) is 6.61 Å². The van der Waals surface area contributed by atoms with Crippen LogP contribution < -0.4 is 4.74 Å². The van der Waals surface area contributed by atoms with Gasteiger partial charge in [-0.2, -0.15) is 0 Å². The minimum Gasteiger partial charge on any atom is -0.494 e. The lowest BCUT2D eigenvalue weighted by molar-refractivity contribution is 0.311. The SMILES string of the molecule is C(=C\c1ccco1)/c1ccc(OCCCc2ccccc2)cc1. The average molecular weight is 304 g/mol. The van der Waals surface area contributed by atoms with Gasteiger partial charge in [-0.15, -0.1) is 0 Å². The Morgan fingerprint density at radius 2 is 1.65 bits per heavy atom. The summed E-state index contributed by atoms with van der Waals surface area (Å²) in [6.07, 6.45) is 7.72. The number of rotatable bonds is 7. The lowest BCUT2D eigenvalue weighted by atomic mass is 10.1. The predicted octanol–water partition coefficient (Wildman–Crippen LogP) is 5.46. The van der Waals surface area contributed by atoms with Crippen molar-refractivity contribution < 1.29 is 9.15 Å². The molecule has 0 aliphatic heterocycles. The normalized spacial score (nSPS) is 11.0. The first-order chi connectivity index (χ1) is 11.4. The van der Waals surface area contributed by atoms with Crippen molar-refractivity contribution >= 4 is 12.2 Å². The Balaban J connectivity index is 1.44. The molecule has 0 fully saturated rings. The number of furan rings is 1.